The van der Waals surface area contributed by atoms with Crippen molar-refractivity contribution in [3.05, 3.63) is 81.9 Å². The summed E-state index contributed by atoms with van der Waals surface area (Å²) in [5.41, 5.74) is 17.5. The predicted molar refractivity (Wildman–Crippen MR) is 176 cm³/mol. The zero-order valence-electron chi connectivity index (χ0n) is 27.2. The number of nitrogens with two attached hydrogens (primary N) is 2. The first-order valence-electron chi connectivity index (χ1n) is 15.2. The van der Waals surface area contributed by atoms with Gasteiger partial charge >= 0.3 is 0 Å². The van der Waals surface area contributed by atoms with Gasteiger partial charge in [-0.05, 0) is 75.2 Å². The second-order valence-electron chi connectivity index (χ2n) is 13.9. The maximum Gasteiger partial charge on any atom is 0.253 e. The largest absolute Gasteiger partial charge is 0.506 e. The van der Waals surface area contributed by atoms with Gasteiger partial charge < -0.3 is 40.6 Å². The monoisotopic (exact) mass is 610 g/mol. The quantitative estimate of drug-likeness (QED) is 0.134. The van der Waals surface area contributed by atoms with Gasteiger partial charge in [-0.1, -0.05) is 27.7 Å². The van der Waals surface area contributed by atoms with E-state index >= 15 is 0 Å². The fraction of sp³-hybridized carbons (Fsp3) is 0.351. The first-order valence-corrected chi connectivity index (χ1v) is 15.2. The molecular weight excluding hydrogens is 568 g/mol. The van der Waals surface area contributed by atoms with E-state index in [9.17, 15) is 10.2 Å². The Morgan fingerprint density at radius 1 is 0.622 bits per heavy atom. The van der Waals surface area contributed by atoms with Crippen molar-refractivity contribution in [3.63, 3.8) is 0 Å². The summed E-state index contributed by atoms with van der Waals surface area (Å²) in [5, 5.41) is 20.3. The van der Waals surface area contributed by atoms with Crippen molar-refractivity contribution in [3.8, 4) is 46.0 Å². The first kappa shape index (κ1) is 30.3. The van der Waals surface area contributed by atoms with Crippen molar-refractivity contribution in [1.82, 2.24) is 0 Å². The predicted octanol–water partition coefficient (Wildman–Crippen LogP) is 8.60. The van der Waals surface area contributed by atoms with Crippen LogP contribution < -0.4 is 30.4 Å². The van der Waals surface area contributed by atoms with Crippen LogP contribution >= 0.6 is 0 Å². The molecule has 0 atom stereocenters. The molecule has 2 heterocycles. The van der Waals surface area contributed by atoms with E-state index in [1.165, 1.54) is 12.1 Å². The summed E-state index contributed by atoms with van der Waals surface area (Å²) >= 11 is 0. The Morgan fingerprint density at radius 2 is 1.00 bits per heavy atom. The Bertz CT molecular complexity index is 1720. The molecule has 2 aliphatic rings. The van der Waals surface area contributed by atoms with E-state index in [0.29, 0.717) is 35.8 Å². The van der Waals surface area contributed by atoms with Crippen LogP contribution in [0.1, 0.15) is 73.9 Å². The number of phenolic OH excluding ortho intramolecular Hbond substituents is 2. The molecule has 0 radical (unpaired) electrons. The standard InChI is InChI=1S/C37H42N2O6/c1-19-13-25-33(21(3)31(19)42-23-9-11-27(38)29(40)15-23)44-37(17-35(25,5)6)18-36(7,8)26-14-20(2)32(22(4)34(26)45-37)43-24-10-12-28(39)30(41)16-24/h9-16,40-41H,17-18,38-39H2,1-8H3. The number of rotatable bonds is 4. The van der Waals surface area contributed by atoms with E-state index in [1.54, 1.807) is 24.3 Å². The molecule has 0 amide bonds. The summed E-state index contributed by atoms with van der Waals surface area (Å²) in [4.78, 5) is 0. The van der Waals surface area contributed by atoms with Crippen LogP contribution in [-0.4, -0.2) is 16.0 Å². The SMILES string of the molecule is Cc1cc2c(c(C)c1Oc1ccc(N)c(O)c1)OC1(CC2(C)C)CC(C)(C)c2cc(C)c(Oc3ccc(N)c(O)c3)c(C)c2O1. The van der Waals surface area contributed by atoms with Gasteiger partial charge in [0.1, 0.15) is 46.0 Å². The fourth-order valence-corrected chi connectivity index (χ4v) is 7.03. The lowest BCUT2D eigenvalue weighted by atomic mass is 9.68. The number of fused-ring (bicyclic) bond motifs is 2. The number of aryl methyl sites for hydroxylation is 2. The second kappa shape index (κ2) is 10.2. The fourth-order valence-electron chi connectivity index (χ4n) is 7.03. The number of aromatic hydroxyl groups is 2. The van der Waals surface area contributed by atoms with Crippen molar-refractivity contribution in [1.29, 1.82) is 0 Å². The lowest BCUT2D eigenvalue weighted by molar-refractivity contribution is -0.167. The van der Waals surface area contributed by atoms with Crippen LogP contribution in [0.3, 0.4) is 0 Å². The molecule has 1 spiro atoms. The number of phenols is 2. The molecule has 0 aromatic heterocycles. The van der Waals surface area contributed by atoms with Crippen LogP contribution in [0, 0.1) is 27.7 Å². The number of ether oxygens (including phenoxy) is 4. The maximum atomic E-state index is 10.2. The summed E-state index contributed by atoms with van der Waals surface area (Å²) in [6.45, 7) is 16.9. The lowest BCUT2D eigenvalue weighted by Gasteiger charge is -2.52. The highest BCUT2D eigenvalue weighted by atomic mass is 16.7. The van der Waals surface area contributed by atoms with Crippen LogP contribution in [0.25, 0.3) is 0 Å². The minimum atomic E-state index is -0.958. The average molecular weight is 611 g/mol. The van der Waals surface area contributed by atoms with Gasteiger partial charge in [-0.2, -0.15) is 0 Å². The molecule has 8 nitrogen and oxygen atoms in total. The number of hydrogen-bond acceptors (Lipinski definition) is 8. The molecule has 0 aliphatic carbocycles. The number of hydrogen-bond donors (Lipinski definition) is 4. The van der Waals surface area contributed by atoms with E-state index in [0.717, 1.165) is 44.9 Å². The lowest BCUT2D eigenvalue weighted by Crippen LogP contribution is -2.56. The highest BCUT2D eigenvalue weighted by Crippen LogP contribution is 2.57. The molecule has 45 heavy (non-hydrogen) atoms. The Kier molecular flexibility index (Phi) is 6.84. The van der Waals surface area contributed by atoms with Crippen molar-refractivity contribution in [2.45, 2.75) is 84.8 Å². The van der Waals surface area contributed by atoms with Gasteiger partial charge in [0.15, 0.2) is 0 Å². The summed E-state index contributed by atoms with van der Waals surface area (Å²) < 4.78 is 26.7. The minimum absolute atomic E-state index is 0.0317. The number of anilines is 2. The smallest absolute Gasteiger partial charge is 0.253 e. The van der Waals surface area contributed by atoms with Gasteiger partial charge in [0.05, 0.1) is 11.4 Å². The van der Waals surface area contributed by atoms with E-state index in [-0.39, 0.29) is 33.7 Å². The highest BCUT2D eigenvalue weighted by molar-refractivity contribution is 5.62. The zero-order chi connectivity index (χ0) is 32.6. The molecule has 6 rings (SSSR count). The molecule has 6 N–H and O–H groups in total. The van der Waals surface area contributed by atoms with Gasteiger partial charge in [-0.3, -0.25) is 0 Å². The van der Waals surface area contributed by atoms with Gasteiger partial charge in [0.2, 0.25) is 0 Å². The van der Waals surface area contributed by atoms with Gasteiger partial charge in [-0.25, -0.2) is 0 Å². The molecule has 0 saturated carbocycles. The molecule has 0 bridgehead atoms. The normalized spacial score (nSPS) is 17.1. The van der Waals surface area contributed by atoms with Crippen molar-refractivity contribution in [2.75, 3.05) is 11.5 Å². The van der Waals surface area contributed by atoms with E-state index < -0.39 is 5.79 Å². The molecule has 0 fully saturated rings. The summed E-state index contributed by atoms with van der Waals surface area (Å²) in [6.07, 6.45) is 1.27. The van der Waals surface area contributed by atoms with Gasteiger partial charge in [0, 0.05) is 58.1 Å². The molecule has 4 aromatic rings. The molecular formula is C37H42N2O6. The van der Waals surface area contributed by atoms with Gasteiger partial charge in [-0.15, -0.1) is 0 Å². The van der Waals surface area contributed by atoms with Crippen molar-refractivity contribution < 1.29 is 29.2 Å². The molecule has 2 aliphatic heterocycles. The summed E-state index contributed by atoms with van der Waals surface area (Å²) in [5.74, 6) is 2.75. The molecule has 8 heteroatoms. The third-order valence-electron chi connectivity index (χ3n) is 9.19. The van der Waals surface area contributed by atoms with Crippen molar-refractivity contribution in [2.24, 2.45) is 0 Å². The van der Waals surface area contributed by atoms with Crippen LogP contribution in [0.5, 0.6) is 46.0 Å². The maximum absolute atomic E-state index is 10.2. The first-order chi connectivity index (χ1) is 21.0. The molecule has 4 aromatic carbocycles. The summed E-state index contributed by atoms with van der Waals surface area (Å²) in [7, 11) is 0. The zero-order valence-corrected chi connectivity index (χ0v) is 27.2. The number of nitrogen functional groups attached to an aromatic ring is 2. The third-order valence-corrected chi connectivity index (χ3v) is 9.19. The number of benzene rings is 4. The topological polar surface area (TPSA) is 129 Å². The highest BCUT2D eigenvalue weighted by Gasteiger charge is 2.54. The average Bonchev–Trinajstić information content (AvgIpc) is 2.94. The Balaban J connectivity index is 1.42. The Morgan fingerprint density at radius 3 is 1.36 bits per heavy atom. The molecule has 236 valence electrons. The van der Waals surface area contributed by atoms with Crippen LogP contribution in [-0.2, 0) is 10.8 Å². The summed E-state index contributed by atoms with van der Waals surface area (Å²) in [6, 6.07) is 14.0. The van der Waals surface area contributed by atoms with Gasteiger partial charge in [0.25, 0.3) is 5.79 Å². The van der Waals surface area contributed by atoms with E-state index in [4.69, 9.17) is 30.4 Å². The van der Waals surface area contributed by atoms with E-state index in [2.05, 4.69) is 39.8 Å². The minimum Gasteiger partial charge on any atom is -0.506 e. The third kappa shape index (κ3) is 5.12. The Labute approximate surface area is 264 Å². The van der Waals surface area contributed by atoms with Crippen LogP contribution in [0.15, 0.2) is 48.5 Å². The molecule has 0 unspecified atom stereocenters. The Hall–Kier alpha value is -4.72. The molecule has 0 saturated heterocycles. The second-order valence-corrected chi connectivity index (χ2v) is 13.9. The van der Waals surface area contributed by atoms with Crippen LogP contribution in [0.2, 0.25) is 0 Å². The van der Waals surface area contributed by atoms with Crippen molar-refractivity contribution >= 4 is 11.4 Å². The van der Waals surface area contributed by atoms with Crippen LogP contribution in [0.4, 0.5) is 11.4 Å². The van der Waals surface area contributed by atoms with E-state index in [1.807, 2.05) is 27.7 Å².